The van der Waals surface area contributed by atoms with Gasteiger partial charge in [0, 0.05) is 5.56 Å². The lowest BCUT2D eigenvalue weighted by Gasteiger charge is -2.33. The lowest BCUT2D eigenvalue weighted by molar-refractivity contribution is 0.479. The molecule has 0 radical (unpaired) electrons. The predicted molar refractivity (Wildman–Crippen MR) is 95.9 cm³/mol. The summed E-state index contributed by atoms with van der Waals surface area (Å²) in [5.74, 6) is 1.57. The molecule has 24 heavy (non-hydrogen) atoms. The number of rotatable bonds is 3. The van der Waals surface area contributed by atoms with Gasteiger partial charge >= 0.3 is 0 Å². The minimum atomic E-state index is -3.00. The van der Waals surface area contributed by atoms with E-state index in [4.69, 9.17) is 4.74 Å². The van der Waals surface area contributed by atoms with Gasteiger partial charge < -0.3 is 4.74 Å². The van der Waals surface area contributed by atoms with E-state index in [0.717, 1.165) is 41.9 Å². The zero-order chi connectivity index (χ0) is 16.6. The Balaban J connectivity index is 1.72. The average molecular weight is 340 g/mol. The first-order valence-corrected chi connectivity index (χ1v) is 10.0. The van der Waals surface area contributed by atoms with Crippen LogP contribution in [0.2, 0.25) is 0 Å². The highest BCUT2D eigenvalue weighted by atomic mass is 32.2. The standard InChI is InChI=1S/C20H20O3S/c21-24(22)17-9-6-10-18(24)14-15(13-17)19-11-4-5-12-20(19)23-16-7-2-1-3-8-16/h1-5,7-8,11-13,17-18H,6,9-10,14H2. The van der Waals surface area contributed by atoms with Crippen molar-refractivity contribution in [1.82, 2.24) is 0 Å². The van der Waals surface area contributed by atoms with Gasteiger partial charge in [0.2, 0.25) is 0 Å². The predicted octanol–water partition coefficient (Wildman–Crippen LogP) is 4.60. The third-order valence-corrected chi connectivity index (χ3v) is 7.49. The number of benzene rings is 2. The van der Waals surface area contributed by atoms with Gasteiger partial charge in [-0.25, -0.2) is 8.42 Å². The van der Waals surface area contributed by atoms with Gasteiger partial charge in [-0.3, -0.25) is 0 Å². The Hall–Kier alpha value is -2.07. The van der Waals surface area contributed by atoms with Crippen LogP contribution in [-0.4, -0.2) is 18.9 Å². The summed E-state index contributed by atoms with van der Waals surface area (Å²) in [6.45, 7) is 0. The molecule has 2 aromatic carbocycles. The summed E-state index contributed by atoms with van der Waals surface area (Å²) in [5, 5.41) is -0.564. The first kappa shape index (κ1) is 15.5. The number of para-hydroxylation sites is 2. The molecule has 2 aliphatic heterocycles. The normalized spacial score (nSPS) is 24.9. The SMILES string of the molecule is O=S1(=O)C2C=C(c3ccccc3Oc3ccccc3)CC1CCC2. The molecule has 0 saturated carbocycles. The van der Waals surface area contributed by atoms with E-state index < -0.39 is 9.84 Å². The number of fused-ring (bicyclic) bond motifs is 2. The van der Waals surface area contributed by atoms with E-state index in [1.165, 1.54) is 0 Å². The van der Waals surface area contributed by atoms with Crippen molar-refractivity contribution in [3.8, 4) is 11.5 Å². The van der Waals surface area contributed by atoms with Crippen molar-refractivity contribution in [1.29, 1.82) is 0 Å². The molecule has 2 aromatic rings. The summed E-state index contributed by atoms with van der Waals surface area (Å²) in [7, 11) is -3.00. The molecule has 2 heterocycles. The van der Waals surface area contributed by atoms with Crippen molar-refractivity contribution in [3.05, 3.63) is 66.2 Å². The zero-order valence-electron chi connectivity index (χ0n) is 13.4. The Morgan fingerprint density at radius 1 is 0.917 bits per heavy atom. The third kappa shape index (κ3) is 2.75. The van der Waals surface area contributed by atoms with Crippen molar-refractivity contribution in [2.45, 2.75) is 36.2 Å². The maximum atomic E-state index is 12.5. The van der Waals surface area contributed by atoms with E-state index in [2.05, 4.69) is 0 Å². The Morgan fingerprint density at radius 3 is 2.46 bits per heavy atom. The molecular formula is C20H20O3S. The van der Waals surface area contributed by atoms with E-state index in [9.17, 15) is 8.42 Å². The van der Waals surface area contributed by atoms with Crippen molar-refractivity contribution >= 4 is 15.4 Å². The topological polar surface area (TPSA) is 43.4 Å². The summed E-state index contributed by atoms with van der Waals surface area (Å²) >= 11 is 0. The third-order valence-electron chi connectivity index (χ3n) is 4.94. The van der Waals surface area contributed by atoms with Crippen molar-refractivity contribution in [3.63, 3.8) is 0 Å². The maximum absolute atomic E-state index is 12.5. The van der Waals surface area contributed by atoms with E-state index in [1.54, 1.807) is 0 Å². The highest BCUT2D eigenvalue weighted by Crippen LogP contribution is 2.42. The Kier molecular flexibility index (Phi) is 3.93. The molecular weight excluding hydrogens is 320 g/mol. The summed E-state index contributed by atoms with van der Waals surface area (Å²) in [4.78, 5) is 0. The lowest BCUT2D eigenvalue weighted by Crippen LogP contribution is -2.38. The van der Waals surface area contributed by atoms with E-state index in [0.29, 0.717) is 6.42 Å². The first-order valence-electron chi connectivity index (χ1n) is 8.40. The minimum Gasteiger partial charge on any atom is -0.457 e. The molecule has 2 aliphatic rings. The van der Waals surface area contributed by atoms with Crippen LogP contribution in [0.4, 0.5) is 0 Å². The van der Waals surface area contributed by atoms with E-state index in [1.807, 2.05) is 60.7 Å². The van der Waals surface area contributed by atoms with Crippen LogP contribution in [0.25, 0.3) is 5.57 Å². The van der Waals surface area contributed by atoms with Gasteiger partial charge in [0.25, 0.3) is 0 Å². The van der Waals surface area contributed by atoms with Crippen LogP contribution < -0.4 is 4.74 Å². The van der Waals surface area contributed by atoms with Crippen LogP contribution in [0.15, 0.2) is 60.7 Å². The number of allylic oxidation sites excluding steroid dienone is 1. The monoisotopic (exact) mass is 340 g/mol. The molecule has 1 saturated heterocycles. The van der Waals surface area contributed by atoms with Crippen LogP contribution in [-0.2, 0) is 9.84 Å². The molecule has 2 atom stereocenters. The van der Waals surface area contributed by atoms with E-state index in [-0.39, 0.29) is 10.5 Å². The van der Waals surface area contributed by atoms with E-state index >= 15 is 0 Å². The number of ether oxygens (including phenoxy) is 1. The number of sulfone groups is 1. The average Bonchev–Trinajstić information content (AvgIpc) is 2.56. The Morgan fingerprint density at radius 2 is 1.67 bits per heavy atom. The summed E-state index contributed by atoms with van der Waals surface area (Å²) in [5.41, 5.74) is 2.11. The molecule has 0 aliphatic carbocycles. The van der Waals surface area contributed by atoms with Crippen molar-refractivity contribution in [2.75, 3.05) is 0 Å². The lowest BCUT2D eigenvalue weighted by atomic mass is 9.93. The van der Waals surface area contributed by atoms with Gasteiger partial charge in [-0.1, -0.05) is 48.9 Å². The summed E-state index contributed by atoms with van der Waals surface area (Å²) in [6.07, 6.45) is 5.06. The van der Waals surface area contributed by atoms with Crippen LogP contribution in [0, 0.1) is 0 Å². The summed E-state index contributed by atoms with van der Waals surface area (Å²) < 4.78 is 31.0. The quantitative estimate of drug-likeness (QED) is 0.820. The van der Waals surface area contributed by atoms with Gasteiger partial charge in [-0.05, 0) is 43.0 Å². The molecule has 0 N–H and O–H groups in total. The Labute approximate surface area is 142 Å². The second-order valence-corrected chi connectivity index (χ2v) is 8.94. The number of hydrogen-bond acceptors (Lipinski definition) is 3. The van der Waals surface area contributed by atoms with Gasteiger partial charge in [0.1, 0.15) is 11.5 Å². The molecule has 3 nitrogen and oxygen atoms in total. The van der Waals surface area contributed by atoms with Crippen LogP contribution in [0.5, 0.6) is 11.5 Å². The van der Waals surface area contributed by atoms with Crippen molar-refractivity contribution < 1.29 is 13.2 Å². The highest BCUT2D eigenvalue weighted by molar-refractivity contribution is 7.93. The molecule has 0 aromatic heterocycles. The molecule has 0 spiro atoms. The fraction of sp³-hybridized carbons (Fsp3) is 0.300. The van der Waals surface area contributed by atoms with Crippen LogP contribution in [0.3, 0.4) is 0 Å². The largest absolute Gasteiger partial charge is 0.457 e. The summed E-state index contributed by atoms with van der Waals surface area (Å²) in [6, 6.07) is 17.6. The smallest absolute Gasteiger partial charge is 0.159 e. The highest BCUT2D eigenvalue weighted by Gasteiger charge is 2.40. The zero-order valence-corrected chi connectivity index (χ0v) is 14.2. The van der Waals surface area contributed by atoms with Crippen LogP contribution in [0.1, 0.15) is 31.2 Å². The van der Waals surface area contributed by atoms with Gasteiger partial charge in [0.05, 0.1) is 10.5 Å². The van der Waals surface area contributed by atoms with Gasteiger partial charge in [-0.15, -0.1) is 0 Å². The minimum absolute atomic E-state index is 0.235. The second-order valence-electron chi connectivity index (χ2n) is 6.49. The first-order chi connectivity index (χ1) is 11.6. The Bertz CT molecular complexity index is 869. The fourth-order valence-corrected chi connectivity index (χ4v) is 5.94. The number of hydrogen-bond donors (Lipinski definition) is 0. The van der Waals surface area contributed by atoms with Gasteiger partial charge in [-0.2, -0.15) is 0 Å². The second kappa shape index (κ2) is 6.10. The molecule has 1 fully saturated rings. The van der Waals surface area contributed by atoms with Gasteiger partial charge in [0.15, 0.2) is 9.84 Å². The fourth-order valence-electron chi connectivity index (χ4n) is 3.69. The maximum Gasteiger partial charge on any atom is 0.159 e. The molecule has 124 valence electrons. The molecule has 4 heteroatoms. The molecule has 0 amide bonds. The molecule has 4 rings (SSSR count). The molecule has 2 bridgehead atoms. The van der Waals surface area contributed by atoms with Crippen molar-refractivity contribution in [2.24, 2.45) is 0 Å². The van der Waals surface area contributed by atoms with Crippen LogP contribution >= 0.6 is 0 Å². The molecule has 2 unspecified atom stereocenters.